The van der Waals surface area contributed by atoms with Gasteiger partial charge in [0.15, 0.2) is 0 Å². The molecule has 0 saturated heterocycles. The van der Waals surface area contributed by atoms with Crippen LogP contribution >= 0.6 is 11.3 Å². The van der Waals surface area contributed by atoms with Crippen LogP contribution in [0.25, 0.3) is 10.1 Å². The molecule has 2 aromatic carbocycles. The molecule has 3 heteroatoms. The number of hydrogen-bond donors (Lipinski definition) is 1. The van der Waals surface area contributed by atoms with Gasteiger partial charge in [0.2, 0.25) is 0 Å². The van der Waals surface area contributed by atoms with Crippen molar-refractivity contribution in [1.82, 2.24) is 0 Å². The van der Waals surface area contributed by atoms with Crippen LogP contribution in [0.3, 0.4) is 0 Å². The minimum absolute atomic E-state index is 0.189. The van der Waals surface area contributed by atoms with Crippen molar-refractivity contribution >= 4 is 21.4 Å². The summed E-state index contributed by atoms with van der Waals surface area (Å²) in [6, 6.07) is 16.2. The molecule has 2 nitrogen and oxygen atoms in total. The number of para-hydroxylation sites is 1. The Balaban J connectivity index is 1.67. The van der Waals surface area contributed by atoms with Crippen LogP contribution in [0.4, 0.5) is 0 Å². The Hall–Kier alpha value is -1.84. The van der Waals surface area contributed by atoms with Gasteiger partial charge in [-0.2, -0.15) is 0 Å². The lowest BCUT2D eigenvalue weighted by Crippen LogP contribution is -2.22. The Morgan fingerprint density at radius 3 is 2.80 bits per heavy atom. The van der Waals surface area contributed by atoms with Crippen LogP contribution in [0.15, 0.2) is 53.9 Å². The SMILES string of the molecule is OC(c1csc2ccccc12)C1Cc2ccccc2O1. The van der Waals surface area contributed by atoms with Crippen molar-refractivity contribution in [2.24, 2.45) is 0 Å². The Labute approximate surface area is 121 Å². The zero-order chi connectivity index (χ0) is 13.5. The summed E-state index contributed by atoms with van der Waals surface area (Å²) in [6.07, 6.45) is -0.00872. The van der Waals surface area contributed by atoms with Crippen LogP contribution < -0.4 is 4.74 Å². The number of ether oxygens (including phenoxy) is 1. The van der Waals surface area contributed by atoms with Gasteiger partial charge in [-0.3, -0.25) is 0 Å². The number of thiophene rings is 1. The fourth-order valence-electron chi connectivity index (χ4n) is 2.81. The van der Waals surface area contributed by atoms with E-state index in [1.807, 2.05) is 35.7 Å². The highest BCUT2D eigenvalue weighted by atomic mass is 32.1. The topological polar surface area (TPSA) is 29.5 Å². The highest BCUT2D eigenvalue weighted by molar-refractivity contribution is 7.17. The van der Waals surface area contributed by atoms with Crippen LogP contribution in [0, 0.1) is 0 Å². The third kappa shape index (κ3) is 1.82. The van der Waals surface area contributed by atoms with Gasteiger partial charge in [0, 0.05) is 16.7 Å². The van der Waals surface area contributed by atoms with Crippen molar-refractivity contribution in [3.63, 3.8) is 0 Å². The van der Waals surface area contributed by atoms with Crippen molar-refractivity contribution in [1.29, 1.82) is 0 Å². The number of aliphatic hydroxyl groups excluding tert-OH is 1. The molecule has 100 valence electrons. The van der Waals surface area contributed by atoms with E-state index in [9.17, 15) is 5.11 Å². The van der Waals surface area contributed by atoms with Gasteiger partial charge in [-0.25, -0.2) is 0 Å². The van der Waals surface area contributed by atoms with E-state index >= 15 is 0 Å². The zero-order valence-electron chi connectivity index (χ0n) is 10.8. The smallest absolute Gasteiger partial charge is 0.133 e. The summed E-state index contributed by atoms with van der Waals surface area (Å²) in [6.45, 7) is 0. The molecule has 2 atom stereocenters. The first kappa shape index (κ1) is 11.9. The van der Waals surface area contributed by atoms with Crippen LogP contribution in [0.1, 0.15) is 17.2 Å². The summed E-state index contributed by atoms with van der Waals surface area (Å²) in [5.41, 5.74) is 2.15. The lowest BCUT2D eigenvalue weighted by atomic mass is 10.00. The van der Waals surface area contributed by atoms with Gasteiger partial charge in [-0.15, -0.1) is 11.3 Å². The van der Waals surface area contributed by atoms with E-state index in [-0.39, 0.29) is 6.10 Å². The number of aliphatic hydroxyl groups is 1. The summed E-state index contributed by atoms with van der Waals surface area (Å²) in [4.78, 5) is 0. The quantitative estimate of drug-likeness (QED) is 0.771. The van der Waals surface area contributed by atoms with E-state index in [0.29, 0.717) is 0 Å². The molecule has 2 heterocycles. The van der Waals surface area contributed by atoms with Gasteiger partial charge in [0.1, 0.15) is 18.0 Å². The molecule has 1 aromatic heterocycles. The Morgan fingerprint density at radius 1 is 1.10 bits per heavy atom. The van der Waals surface area contributed by atoms with Gasteiger partial charge >= 0.3 is 0 Å². The molecule has 0 spiro atoms. The van der Waals surface area contributed by atoms with Crippen molar-refractivity contribution in [3.8, 4) is 5.75 Å². The van der Waals surface area contributed by atoms with E-state index in [1.165, 1.54) is 10.3 Å². The second kappa shape index (κ2) is 4.62. The fraction of sp³-hybridized carbons (Fsp3) is 0.176. The molecule has 1 aliphatic rings. The summed E-state index contributed by atoms with van der Waals surface area (Å²) >= 11 is 1.67. The molecule has 0 fully saturated rings. The number of rotatable bonds is 2. The monoisotopic (exact) mass is 282 g/mol. The maximum absolute atomic E-state index is 10.7. The molecule has 1 N–H and O–H groups in total. The zero-order valence-corrected chi connectivity index (χ0v) is 11.6. The van der Waals surface area contributed by atoms with Gasteiger partial charge < -0.3 is 9.84 Å². The van der Waals surface area contributed by atoms with Crippen molar-refractivity contribution in [2.45, 2.75) is 18.6 Å². The normalized spacial score (nSPS) is 18.8. The lowest BCUT2D eigenvalue weighted by Gasteiger charge is -2.17. The third-order valence-corrected chi connectivity index (χ3v) is 4.84. The van der Waals surface area contributed by atoms with Gasteiger partial charge in [0.05, 0.1) is 0 Å². The average molecular weight is 282 g/mol. The average Bonchev–Trinajstić information content (AvgIpc) is 3.10. The van der Waals surface area contributed by atoms with Crippen molar-refractivity contribution < 1.29 is 9.84 Å². The van der Waals surface area contributed by atoms with E-state index in [1.54, 1.807) is 11.3 Å². The Morgan fingerprint density at radius 2 is 1.90 bits per heavy atom. The van der Waals surface area contributed by atoms with E-state index < -0.39 is 6.10 Å². The van der Waals surface area contributed by atoms with Crippen LogP contribution in [0.2, 0.25) is 0 Å². The highest BCUT2D eigenvalue weighted by Gasteiger charge is 2.31. The summed E-state index contributed by atoms with van der Waals surface area (Å²) in [5.74, 6) is 0.899. The lowest BCUT2D eigenvalue weighted by molar-refractivity contribution is 0.0504. The molecule has 20 heavy (non-hydrogen) atoms. The molecule has 0 amide bonds. The van der Waals surface area contributed by atoms with Crippen LogP contribution in [-0.4, -0.2) is 11.2 Å². The van der Waals surface area contributed by atoms with Crippen LogP contribution in [-0.2, 0) is 6.42 Å². The molecular formula is C17H14O2S. The van der Waals surface area contributed by atoms with Crippen molar-refractivity contribution in [3.05, 3.63) is 65.0 Å². The summed E-state index contributed by atoms with van der Waals surface area (Å²) in [7, 11) is 0. The minimum atomic E-state index is -0.585. The van der Waals surface area contributed by atoms with E-state index in [4.69, 9.17) is 4.74 Å². The first-order valence-electron chi connectivity index (χ1n) is 6.72. The predicted molar refractivity (Wildman–Crippen MR) is 81.3 cm³/mol. The number of benzene rings is 2. The summed E-state index contributed by atoms with van der Waals surface area (Å²) < 4.78 is 7.10. The van der Waals surface area contributed by atoms with Crippen molar-refractivity contribution in [2.75, 3.05) is 0 Å². The Kier molecular flexibility index (Phi) is 2.76. The molecule has 0 radical (unpaired) electrons. The molecule has 2 unspecified atom stereocenters. The highest BCUT2D eigenvalue weighted by Crippen LogP contribution is 2.37. The molecule has 3 aromatic rings. The number of hydrogen-bond acceptors (Lipinski definition) is 3. The minimum Gasteiger partial charge on any atom is -0.487 e. The maximum atomic E-state index is 10.7. The second-order valence-corrected chi connectivity index (χ2v) is 6.01. The largest absolute Gasteiger partial charge is 0.487 e. The Bertz CT molecular complexity index is 737. The summed E-state index contributed by atoms with van der Waals surface area (Å²) in [5, 5.41) is 13.8. The molecule has 4 rings (SSSR count). The van der Waals surface area contributed by atoms with Gasteiger partial charge in [-0.05, 0) is 28.5 Å². The molecule has 1 aliphatic heterocycles. The van der Waals surface area contributed by atoms with E-state index in [0.717, 1.165) is 23.1 Å². The first-order valence-corrected chi connectivity index (χ1v) is 7.59. The van der Waals surface area contributed by atoms with Gasteiger partial charge in [-0.1, -0.05) is 36.4 Å². The standard InChI is InChI=1S/C17H14O2S/c18-17(13-10-20-16-8-4-2-6-12(13)16)15-9-11-5-1-3-7-14(11)19-15/h1-8,10,15,17-18H,9H2. The predicted octanol–water partition coefficient (Wildman–Crippen LogP) is 3.94. The second-order valence-electron chi connectivity index (χ2n) is 5.10. The van der Waals surface area contributed by atoms with Crippen LogP contribution in [0.5, 0.6) is 5.75 Å². The maximum Gasteiger partial charge on any atom is 0.133 e. The fourth-order valence-corrected chi connectivity index (χ4v) is 3.80. The first-order chi connectivity index (χ1) is 9.83. The van der Waals surface area contributed by atoms with Gasteiger partial charge in [0.25, 0.3) is 0 Å². The molecule has 0 saturated carbocycles. The number of fused-ring (bicyclic) bond motifs is 2. The molecule has 0 bridgehead atoms. The molecule has 0 aliphatic carbocycles. The van der Waals surface area contributed by atoms with E-state index in [2.05, 4.69) is 18.2 Å². The molecular weight excluding hydrogens is 268 g/mol. The third-order valence-electron chi connectivity index (χ3n) is 3.85.